The number of hydrogen-bond donors (Lipinski definition) is 1. The normalized spacial score (nSPS) is 19.4. The molecule has 1 aromatic heterocycles. The number of ether oxygens (including phenoxy) is 1. The Kier molecular flexibility index (Phi) is 5.19. The first-order chi connectivity index (χ1) is 16.1. The molecule has 5 heteroatoms. The Bertz CT molecular complexity index is 1290. The van der Waals surface area contributed by atoms with Gasteiger partial charge in [0.2, 0.25) is 0 Å². The summed E-state index contributed by atoms with van der Waals surface area (Å²) in [5, 5.41) is 8.86. The highest BCUT2D eigenvalue weighted by molar-refractivity contribution is 6.02. The van der Waals surface area contributed by atoms with Crippen LogP contribution in [0.3, 0.4) is 0 Å². The van der Waals surface area contributed by atoms with E-state index in [9.17, 15) is 4.79 Å². The van der Waals surface area contributed by atoms with Crippen molar-refractivity contribution in [3.63, 3.8) is 0 Å². The summed E-state index contributed by atoms with van der Waals surface area (Å²) >= 11 is 0. The van der Waals surface area contributed by atoms with Crippen LogP contribution in [0.25, 0.3) is 5.69 Å². The van der Waals surface area contributed by atoms with Crippen molar-refractivity contribution >= 4 is 11.6 Å². The maximum Gasteiger partial charge on any atom is 0.162 e. The third kappa shape index (κ3) is 3.64. The lowest BCUT2D eigenvalue weighted by molar-refractivity contribution is -0.118. The SMILES string of the molecule is COc1ccccc1C1C2=C(CC(C)(C)CC2=O)Nc2c1c(C(C)(C)C)nn2-c1ccccc1. The summed E-state index contributed by atoms with van der Waals surface area (Å²) in [5.41, 5.74) is 5.58. The summed E-state index contributed by atoms with van der Waals surface area (Å²) in [6.45, 7) is 10.9. The van der Waals surface area contributed by atoms with Crippen molar-refractivity contribution in [2.75, 3.05) is 12.4 Å². The lowest BCUT2D eigenvalue weighted by atomic mass is 9.68. The summed E-state index contributed by atoms with van der Waals surface area (Å²) in [6, 6.07) is 18.3. The molecule has 5 nitrogen and oxygen atoms in total. The second kappa shape index (κ2) is 7.86. The zero-order valence-electron chi connectivity index (χ0n) is 20.9. The summed E-state index contributed by atoms with van der Waals surface area (Å²) in [4.78, 5) is 13.7. The largest absolute Gasteiger partial charge is 0.496 e. The zero-order chi connectivity index (χ0) is 24.3. The summed E-state index contributed by atoms with van der Waals surface area (Å²) in [5.74, 6) is 1.69. The molecule has 0 saturated carbocycles. The van der Waals surface area contributed by atoms with E-state index in [1.807, 2.05) is 41.1 Å². The number of nitrogens with one attached hydrogen (secondary N) is 1. The maximum atomic E-state index is 13.7. The first kappa shape index (κ1) is 22.5. The van der Waals surface area contributed by atoms with Gasteiger partial charge in [0.05, 0.1) is 18.5 Å². The number of nitrogens with zero attached hydrogens (tertiary/aromatic N) is 2. The van der Waals surface area contributed by atoms with Crippen molar-refractivity contribution in [2.45, 2.75) is 58.8 Å². The van der Waals surface area contributed by atoms with Crippen LogP contribution in [0.1, 0.15) is 70.2 Å². The zero-order valence-corrected chi connectivity index (χ0v) is 20.9. The molecule has 1 N–H and O–H groups in total. The average molecular weight is 456 g/mol. The number of para-hydroxylation sites is 2. The fourth-order valence-electron chi connectivity index (χ4n) is 5.42. The van der Waals surface area contributed by atoms with Crippen LogP contribution in [0.5, 0.6) is 5.75 Å². The molecule has 2 aliphatic rings. The molecule has 1 atom stereocenters. The van der Waals surface area contributed by atoms with Gasteiger partial charge in [0.15, 0.2) is 5.78 Å². The topological polar surface area (TPSA) is 56.1 Å². The molecule has 5 rings (SSSR count). The minimum atomic E-state index is -0.238. The molecule has 0 bridgehead atoms. The Labute approximate surface area is 201 Å². The van der Waals surface area contributed by atoms with Gasteiger partial charge in [0.1, 0.15) is 11.6 Å². The van der Waals surface area contributed by atoms with E-state index >= 15 is 0 Å². The molecule has 0 amide bonds. The third-order valence-electron chi connectivity index (χ3n) is 6.85. The van der Waals surface area contributed by atoms with E-state index in [-0.39, 0.29) is 22.5 Å². The lowest BCUT2D eigenvalue weighted by Crippen LogP contribution is -2.34. The number of carbonyl (C=O) groups is 1. The molecular weight excluding hydrogens is 422 g/mol. The van der Waals surface area contributed by atoms with Crippen molar-refractivity contribution in [2.24, 2.45) is 5.41 Å². The molecule has 0 spiro atoms. The Hall–Kier alpha value is -3.34. The Morgan fingerprint density at radius 1 is 1.03 bits per heavy atom. The molecule has 0 radical (unpaired) electrons. The van der Waals surface area contributed by atoms with Crippen LogP contribution in [0, 0.1) is 5.41 Å². The number of allylic oxidation sites excluding steroid dienone is 2. The van der Waals surface area contributed by atoms with Crippen molar-refractivity contribution in [1.29, 1.82) is 0 Å². The number of Topliss-reactive ketones (excluding diaryl/α,β-unsaturated/α-hetero) is 1. The molecule has 34 heavy (non-hydrogen) atoms. The predicted molar refractivity (Wildman–Crippen MR) is 136 cm³/mol. The first-order valence-electron chi connectivity index (χ1n) is 12.0. The summed E-state index contributed by atoms with van der Waals surface area (Å²) in [6.07, 6.45) is 1.34. The van der Waals surface area contributed by atoms with E-state index < -0.39 is 0 Å². The minimum absolute atomic E-state index is 0.101. The quantitative estimate of drug-likeness (QED) is 0.498. The van der Waals surface area contributed by atoms with Crippen molar-refractivity contribution in [3.8, 4) is 11.4 Å². The number of aromatic nitrogens is 2. The highest BCUT2D eigenvalue weighted by Crippen LogP contribution is 2.53. The van der Waals surface area contributed by atoms with Gasteiger partial charge in [-0.05, 0) is 30.0 Å². The monoisotopic (exact) mass is 455 g/mol. The first-order valence-corrected chi connectivity index (χ1v) is 12.0. The van der Waals surface area contributed by atoms with Crippen molar-refractivity contribution in [3.05, 3.63) is 82.7 Å². The van der Waals surface area contributed by atoms with Crippen LogP contribution in [0.4, 0.5) is 5.82 Å². The lowest BCUT2D eigenvalue weighted by Gasteiger charge is -2.39. The number of benzene rings is 2. The van der Waals surface area contributed by atoms with Crippen molar-refractivity contribution < 1.29 is 9.53 Å². The van der Waals surface area contributed by atoms with E-state index in [0.717, 1.165) is 51.8 Å². The molecule has 1 aliphatic carbocycles. The number of anilines is 1. The van der Waals surface area contributed by atoms with Crippen molar-refractivity contribution in [1.82, 2.24) is 9.78 Å². The molecule has 3 aromatic rings. The van der Waals surface area contributed by atoms with E-state index in [1.165, 1.54) is 0 Å². The summed E-state index contributed by atoms with van der Waals surface area (Å²) < 4.78 is 7.81. The molecule has 0 saturated heterocycles. The van der Waals surface area contributed by atoms with Crippen LogP contribution in [0.2, 0.25) is 0 Å². The molecule has 176 valence electrons. The second-order valence-electron chi connectivity index (χ2n) is 11.2. The second-order valence-corrected chi connectivity index (χ2v) is 11.2. The number of methoxy groups -OCH3 is 1. The van der Waals surface area contributed by atoms with E-state index in [2.05, 4.69) is 58.1 Å². The van der Waals surface area contributed by atoms with Crippen LogP contribution < -0.4 is 10.1 Å². The van der Waals surface area contributed by atoms with Crippen LogP contribution >= 0.6 is 0 Å². The number of rotatable bonds is 3. The van der Waals surface area contributed by atoms with E-state index in [0.29, 0.717) is 6.42 Å². The maximum absolute atomic E-state index is 13.7. The van der Waals surface area contributed by atoms with Gasteiger partial charge in [0.25, 0.3) is 0 Å². The highest BCUT2D eigenvalue weighted by Gasteiger charge is 2.45. The summed E-state index contributed by atoms with van der Waals surface area (Å²) in [7, 11) is 1.69. The number of hydrogen-bond acceptors (Lipinski definition) is 4. The van der Waals surface area contributed by atoms with Gasteiger partial charge < -0.3 is 10.1 Å². The molecule has 1 aliphatic heterocycles. The van der Waals surface area contributed by atoms with Crippen LogP contribution in [-0.4, -0.2) is 22.7 Å². The van der Waals surface area contributed by atoms with E-state index in [1.54, 1.807) is 7.11 Å². The van der Waals surface area contributed by atoms with Crippen LogP contribution in [0.15, 0.2) is 65.9 Å². The molecule has 0 fully saturated rings. The van der Waals surface area contributed by atoms with Gasteiger partial charge in [0, 0.05) is 40.2 Å². The fraction of sp³-hybridized carbons (Fsp3) is 0.379. The van der Waals surface area contributed by atoms with Gasteiger partial charge in [-0.3, -0.25) is 4.79 Å². The Morgan fingerprint density at radius 2 is 1.71 bits per heavy atom. The van der Waals surface area contributed by atoms with Gasteiger partial charge in [-0.15, -0.1) is 0 Å². The average Bonchev–Trinajstić information content (AvgIpc) is 3.17. The van der Waals surface area contributed by atoms with Crippen LogP contribution in [-0.2, 0) is 10.2 Å². The fourth-order valence-corrected chi connectivity index (χ4v) is 5.42. The Morgan fingerprint density at radius 3 is 2.38 bits per heavy atom. The number of carbonyl (C=O) groups excluding carboxylic acids is 1. The van der Waals surface area contributed by atoms with Gasteiger partial charge in [-0.25, -0.2) is 4.68 Å². The Balaban J connectivity index is 1.85. The van der Waals surface area contributed by atoms with Gasteiger partial charge in [-0.2, -0.15) is 5.10 Å². The predicted octanol–water partition coefficient (Wildman–Crippen LogP) is 6.38. The number of ketones is 1. The standard InChI is InChI=1S/C29H33N3O2/c1-28(2,3)26-25-23(19-14-10-11-15-22(19)34-6)24-20(16-29(4,5)17-21(24)33)30-27(25)32(31-26)18-12-8-7-9-13-18/h7-15,23,30H,16-17H2,1-6H3. The van der Waals surface area contributed by atoms with E-state index in [4.69, 9.17) is 9.84 Å². The molecule has 2 heterocycles. The van der Waals surface area contributed by atoms with Gasteiger partial charge in [-0.1, -0.05) is 71.0 Å². The molecule has 1 unspecified atom stereocenters. The minimum Gasteiger partial charge on any atom is -0.496 e. The molecule has 2 aromatic carbocycles. The molecular formula is C29H33N3O2. The smallest absolute Gasteiger partial charge is 0.162 e. The van der Waals surface area contributed by atoms with Gasteiger partial charge >= 0.3 is 0 Å². The highest BCUT2D eigenvalue weighted by atomic mass is 16.5. The third-order valence-corrected chi connectivity index (χ3v) is 6.85. The number of fused-ring (bicyclic) bond motifs is 1.